The van der Waals surface area contributed by atoms with Crippen LogP contribution in [0.5, 0.6) is 0 Å². The third-order valence-corrected chi connectivity index (χ3v) is 12.6. The molecule has 2 aliphatic carbocycles. The molecule has 4 atom stereocenters. The van der Waals surface area contributed by atoms with Gasteiger partial charge in [-0.15, -0.1) is 0 Å². The quantitative estimate of drug-likeness (QED) is 0.0645. The fraction of sp³-hybridized carbons (Fsp3) is 0.224. The molecule has 0 bridgehead atoms. The third kappa shape index (κ3) is 15.1. The molecule has 2 unspecified atom stereocenters. The van der Waals surface area contributed by atoms with E-state index in [2.05, 4.69) is 240 Å². The van der Waals surface area contributed by atoms with Crippen LogP contribution < -0.4 is 0 Å². The molecule has 2 aliphatic rings. The molecule has 0 saturated heterocycles. The fourth-order valence-electron chi connectivity index (χ4n) is 8.96. The molecular formula is C67H72. The van der Waals surface area contributed by atoms with Crippen LogP contribution in [0.3, 0.4) is 0 Å². The molecular weight excluding hydrogens is 805 g/mol. The van der Waals surface area contributed by atoms with Gasteiger partial charge in [0.1, 0.15) is 0 Å². The molecule has 0 nitrogen and oxygen atoms in total. The Morgan fingerprint density at radius 3 is 2.06 bits per heavy atom. The molecule has 7 rings (SSSR count). The second kappa shape index (κ2) is 27.0. The summed E-state index contributed by atoms with van der Waals surface area (Å²) < 4.78 is 0. The first-order valence-corrected chi connectivity index (χ1v) is 24.6. The third-order valence-electron chi connectivity index (χ3n) is 12.6. The summed E-state index contributed by atoms with van der Waals surface area (Å²) in [6, 6.07) is 45.3. The lowest BCUT2D eigenvalue weighted by molar-refractivity contribution is 0.286. The normalized spacial score (nSPS) is 18.8. The number of benzene rings is 4. The van der Waals surface area contributed by atoms with E-state index in [4.69, 9.17) is 0 Å². The summed E-state index contributed by atoms with van der Waals surface area (Å²) in [6.45, 7) is 14.3. The largest absolute Gasteiger partial charge is 0.0991 e. The van der Waals surface area contributed by atoms with Crippen LogP contribution in [-0.4, -0.2) is 0 Å². The minimum atomic E-state index is 0.630. The van der Waals surface area contributed by atoms with Crippen molar-refractivity contribution in [1.29, 1.82) is 0 Å². The van der Waals surface area contributed by atoms with Crippen LogP contribution in [0, 0.1) is 23.7 Å². The molecule has 2 fully saturated rings. The van der Waals surface area contributed by atoms with E-state index in [0.29, 0.717) is 17.8 Å². The summed E-state index contributed by atoms with van der Waals surface area (Å²) in [7, 11) is 0. The highest BCUT2D eigenvalue weighted by Crippen LogP contribution is 2.51. The number of rotatable bonds is 17. The topological polar surface area (TPSA) is 0 Å². The van der Waals surface area contributed by atoms with Crippen LogP contribution in [0.1, 0.15) is 83.8 Å². The summed E-state index contributed by atoms with van der Waals surface area (Å²) in [4.78, 5) is 0. The molecule has 5 aromatic carbocycles. The second-order valence-corrected chi connectivity index (χ2v) is 18.1. The molecule has 67 heavy (non-hydrogen) atoms. The first-order valence-electron chi connectivity index (χ1n) is 24.6. The predicted octanol–water partition coefficient (Wildman–Crippen LogP) is 19.6. The smallest absolute Gasteiger partial charge is 0.00267 e. The maximum Gasteiger partial charge on any atom is -0.00267 e. The van der Waals surface area contributed by atoms with Gasteiger partial charge in [-0.1, -0.05) is 251 Å². The first kappa shape index (κ1) is 49.7. The Bertz CT molecular complexity index is 2760. The van der Waals surface area contributed by atoms with Gasteiger partial charge < -0.3 is 0 Å². The van der Waals surface area contributed by atoms with Crippen LogP contribution in [0.25, 0.3) is 49.4 Å². The van der Waals surface area contributed by atoms with Crippen LogP contribution in [0.4, 0.5) is 0 Å². The average molecular weight is 877 g/mol. The Hall–Kier alpha value is -6.76. The van der Waals surface area contributed by atoms with Crippen molar-refractivity contribution >= 4 is 27.1 Å². The number of allylic oxidation sites excluding steroid dienone is 21. The molecule has 340 valence electrons. The lowest BCUT2D eigenvalue weighted by atomic mass is 9.73. The molecule has 5 aromatic rings. The summed E-state index contributed by atoms with van der Waals surface area (Å²) in [5, 5.41) is 4.94. The highest BCUT2D eigenvalue weighted by Gasteiger charge is 2.38. The van der Waals surface area contributed by atoms with E-state index in [1.807, 2.05) is 38.2 Å². The van der Waals surface area contributed by atoms with Crippen molar-refractivity contribution in [2.75, 3.05) is 0 Å². The Morgan fingerprint density at radius 2 is 1.28 bits per heavy atom. The van der Waals surface area contributed by atoms with Crippen molar-refractivity contribution < 1.29 is 0 Å². The van der Waals surface area contributed by atoms with Gasteiger partial charge in [0.05, 0.1) is 0 Å². The molecule has 2 saturated carbocycles. The molecule has 0 amide bonds. The Morgan fingerprint density at radius 1 is 0.582 bits per heavy atom. The van der Waals surface area contributed by atoms with Gasteiger partial charge in [-0.05, 0) is 155 Å². The number of fused-ring (bicyclic) bond motifs is 2. The zero-order chi connectivity index (χ0) is 47.1. The first-order chi connectivity index (χ1) is 32.9. The summed E-state index contributed by atoms with van der Waals surface area (Å²) in [5.41, 5.74) is 8.86. The van der Waals surface area contributed by atoms with Crippen molar-refractivity contribution in [3.63, 3.8) is 0 Å². The van der Waals surface area contributed by atoms with E-state index in [9.17, 15) is 0 Å². The molecule has 0 aliphatic heterocycles. The minimum absolute atomic E-state index is 0.630. The van der Waals surface area contributed by atoms with Gasteiger partial charge in [-0.2, -0.15) is 0 Å². The molecule has 0 aromatic heterocycles. The van der Waals surface area contributed by atoms with Crippen molar-refractivity contribution in [1.82, 2.24) is 0 Å². The van der Waals surface area contributed by atoms with E-state index in [1.165, 1.54) is 86.2 Å². The molecule has 0 spiro atoms. The van der Waals surface area contributed by atoms with Gasteiger partial charge in [0.25, 0.3) is 0 Å². The van der Waals surface area contributed by atoms with Gasteiger partial charge in [-0.3, -0.25) is 0 Å². The van der Waals surface area contributed by atoms with Crippen molar-refractivity contribution in [3.05, 3.63) is 261 Å². The van der Waals surface area contributed by atoms with Crippen LogP contribution in [0.15, 0.2) is 249 Å². The van der Waals surface area contributed by atoms with E-state index in [-0.39, 0.29) is 0 Å². The van der Waals surface area contributed by atoms with Gasteiger partial charge in [-0.25, -0.2) is 0 Å². The summed E-state index contributed by atoms with van der Waals surface area (Å²) >= 11 is 0. The zero-order valence-corrected chi connectivity index (χ0v) is 40.7. The van der Waals surface area contributed by atoms with E-state index < -0.39 is 0 Å². The van der Waals surface area contributed by atoms with Crippen molar-refractivity contribution in [2.45, 2.75) is 72.6 Å². The fourth-order valence-corrected chi connectivity index (χ4v) is 8.96. The second-order valence-electron chi connectivity index (χ2n) is 18.1. The van der Waals surface area contributed by atoms with Gasteiger partial charge in [0.2, 0.25) is 0 Å². The molecule has 0 radical (unpaired) electrons. The zero-order valence-electron chi connectivity index (χ0n) is 40.7. The SMILES string of the molecule is C=C/C=C\C=C/C.C\C=C/C=C\C(=C\C=C/C=C/[C@H]1CCC1/C=C\C/C=C\C=C\C)c1ccc2cc(-c3ccccccc4ccccc4c3-c3cccc(C4C[C@H]4CC(C)C)c3)ccc2c1. The van der Waals surface area contributed by atoms with E-state index >= 15 is 0 Å². The van der Waals surface area contributed by atoms with Crippen molar-refractivity contribution in [2.24, 2.45) is 23.7 Å². The Kier molecular flexibility index (Phi) is 20.0. The minimum Gasteiger partial charge on any atom is -0.0991 e. The highest BCUT2D eigenvalue weighted by atomic mass is 14.4. The number of hydrogen-bond donors (Lipinski definition) is 0. The molecule has 0 heterocycles. The van der Waals surface area contributed by atoms with Crippen LogP contribution in [-0.2, 0) is 0 Å². The monoisotopic (exact) mass is 877 g/mol. The van der Waals surface area contributed by atoms with Gasteiger partial charge in [0.15, 0.2) is 0 Å². The van der Waals surface area contributed by atoms with Crippen molar-refractivity contribution in [3.8, 4) is 22.3 Å². The molecule has 0 heteroatoms. The Balaban J connectivity index is 0.000000980. The lowest BCUT2D eigenvalue weighted by Gasteiger charge is -2.32. The maximum atomic E-state index is 3.51. The predicted molar refractivity (Wildman–Crippen MR) is 299 cm³/mol. The standard InChI is InChI=1S/C60H62.C7H10/c1-5-7-9-10-11-16-26-47-34-35-48(47)27-19-14-18-25-46(24-15-8-6-2)50-36-37-52-42-54(39-38-51(52)41-50)58-32-20-13-12-17-28-49-29-21-22-33-57(49)60(58)55-31-23-30-53(43-55)59-44-56(59)40-45(3)4;1-3-5-7-6-4-2/h5-10,12-33,36-39,41-43,45,47-48,56,59H,11,34-35,40,44H2,1-4H3;3-7H,1H2,2H3/b7-5+,8-6-,10-9-,13-12?,17-12?,18-14-,20-13?,24-15-,26-16-,27-19+,28-17?,32-20?,46-25-,49-28?,58-32?,60-57?,60-58?;6-4-,7-5-/t47?,48-,56+,59?;/m0./s1. The maximum absolute atomic E-state index is 3.51. The van der Waals surface area contributed by atoms with Gasteiger partial charge in [0, 0.05) is 0 Å². The Labute approximate surface area is 404 Å². The van der Waals surface area contributed by atoms with Crippen LogP contribution >= 0.6 is 0 Å². The van der Waals surface area contributed by atoms with E-state index in [1.54, 1.807) is 6.08 Å². The molecule has 0 N–H and O–H groups in total. The van der Waals surface area contributed by atoms with Crippen LogP contribution in [0.2, 0.25) is 0 Å². The average Bonchev–Trinajstić information content (AvgIpc) is 4.11. The van der Waals surface area contributed by atoms with E-state index in [0.717, 1.165) is 18.3 Å². The summed E-state index contributed by atoms with van der Waals surface area (Å²) in [5.74, 6) is 3.48. The highest BCUT2D eigenvalue weighted by molar-refractivity contribution is 6.03. The summed E-state index contributed by atoms with van der Waals surface area (Å²) in [6.07, 6.45) is 48.6. The van der Waals surface area contributed by atoms with Gasteiger partial charge >= 0.3 is 0 Å². The number of hydrogen-bond acceptors (Lipinski definition) is 0. The lowest BCUT2D eigenvalue weighted by Crippen LogP contribution is -2.21.